The lowest BCUT2D eigenvalue weighted by atomic mass is 10.1. The van der Waals surface area contributed by atoms with Gasteiger partial charge in [0.1, 0.15) is 17.6 Å². The van der Waals surface area contributed by atoms with E-state index < -0.39 is 6.04 Å². The number of benzene rings is 2. The first-order valence-corrected chi connectivity index (χ1v) is 10.6. The van der Waals surface area contributed by atoms with Gasteiger partial charge in [-0.1, -0.05) is 23.7 Å². The molecule has 1 atom stereocenters. The van der Waals surface area contributed by atoms with Crippen LogP contribution in [0.5, 0.6) is 5.75 Å². The summed E-state index contributed by atoms with van der Waals surface area (Å²) in [5, 5.41) is 10.8. The summed E-state index contributed by atoms with van der Waals surface area (Å²) < 4.78 is 12.3. The number of hydrogen-bond acceptors (Lipinski definition) is 5. The Morgan fingerprint density at radius 2 is 2.03 bits per heavy atom. The molecule has 2 aromatic carbocycles. The number of fused-ring (bicyclic) bond motifs is 1. The number of halogens is 1. The SMILES string of the molecule is CCOc1ccc(NC(=O)CC2C(=O)Nc3c(-c4cccc(Cl)c4)c(COC)nn32)cc1. The molecule has 1 aromatic heterocycles. The van der Waals surface area contributed by atoms with Gasteiger partial charge >= 0.3 is 0 Å². The summed E-state index contributed by atoms with van der Waals surface area (Å²) in [5.74, 6) is 0.668. The van der Waals surface area contributed by atoms with Crippen LogP contribution in [-0.4, -0.2) is 35.3 Å². The van der Waals surface area contributed by atoms with E-state index >= 15 is 0 Å². The van der Waals surface area contributed by atoms with Crippen molar-refractivity contribution < 1.29 is 19.1 Å². The standard InChI is InChI=1S/C23H23ClN4O4/c1-3-32-17-9-7-16(8-10-17)25-20(29)12-19-23(30)26-22-21(14-5-4-6-15(24)11-14)18(13-31-2)27-28(19)22/h4-11,19H,3,12-13H2,1-2H3,(H,25,29)(H,26,30). The lowest BCUT2D eigenvalue weighted by Crippen LogP contribution is -2.24. The topological polar surface area (TPSA) is 94.5 Å². The van der Waals surface area contributed by atoms with Gasteiger partial charge < -0.3 is 20.1 Å². The number of amides is 2. The molecule has 2 heterocycles. The summed E-state index contributed by atoms with van der Waals surface area (Å²) in [4.78, 5) is 25.4. The maximum absolute atomic E-state index is 12.7. The summed E-state index contributed by atoms with van der Waals surface area (Å²) in [6.45, 7) is 2.72. The van der Waals surface area contributed by atoms with Crippen molar-refractivity contribution in [3.8, 4) is 16.9 Å². The lowest BCUT2D eigenvalue weighted by Gasteiger charge is -2.11. The van der Waals surface area contributed by atoms with Crippen molar-refractivity contribution in [1.82, 2.24) is 9.78 Å². The zero-order valence-corrected chi connectivity index (χ0v) is 18.5. The first-order chi connectivity index (χ1) is 15.5. The van der Waals surface area contributed by atoms with Crippen LogP contribution in [0.2, 0.25) is 5.02 Å². The minimum atomic E-state index is -0.767. The number of ether oxygens (including phenoxy) is 2. The van der Waals surface area contributed by atoms with Crippen LogP contribution in [0.1, 0.15) is 25.1 Å². The molecule has 4 rings (SSSR count). The number of carbonyl (C=O) groups is 2. The van der Waals surface area contributed by atoms with Crippen LogP contribution in [0.15, 0.2) is 48.5 Å². The van der Waals surface area contributed by atoms with Crippen molar-refractivity contribution >= 4 is 34.9 Å². The number of methoxy groups -OCH3 is 1. The third-order valence-corrected chi connectivity index (χ3v) is 5.28. The van der Waals surface area contributed by atoms with E-state index in [1.54, 1.807) is 48.2 Å². The van der Waals surface area contributed by atoms with Crippen LogP contribution in [0.4, 0.5) is 11.5 Å². The maximum atomic E-state index is 12.7. The normalized spacial score (nSPS) is 14.7. The fourth-order valence-electron chi connectivity index (χ4n) is 3.69. The van der Waals surface area contributed by atoms with Crippen molar-refractivity contribution in [3.05, 3.63) is 59.2 Å². The third kappa shape index (κ3) is 4.46. The second-order valence-electron chi connectivity index (χ2n) is 7.27. The first kappa shape index (κ1) is 21.9. The highest BCUT2D eigenvalue weighted by molar-refractivity contribution is 6.30. The number of aromatic nitrogens is 2. The molecule has 3 aromatic rings. The molecule has 1 unspecified atom stereocenters. The molecule has 0 saturated carbocycles. The van der Waals surface area contributed by atoms with Gasteiger partial charge in [-0.3, -0.25) is 9.59 Å². The maximum Gasteiger partial charge on any atom is 0.251 e. The van der Waals surface area contributed by atoms with Gasteiger partial charge in [-0.25, -0.2) is 4.68 Å². The second-order valence-corrected chi connectivity index (χ2v) is 7.71. The zero-order chi connectivity index (χ0) is 22.7. The van der Waals surface area contributed by atoms with Gasteiger partial charge in [-0.05, 0) is 48.9 Å². The summed E-state index contributed by atoms with van der Waals surface area (Å²) in [7, 11) is 1.58. The van der Waals surface area contributed by atoms with E-state index in [4.69, 9.17) is 21.1 Å². The molecule has 2 N–H and O–H groups in total. The molecule has 9 heteroatoms. The highest BCUT2D eigenvalue weighted by Crippen LogP contribution is 2.39. The Kier molecular flexibility index (Phi) is 6.43. The second kappa shape index (κ2) is 9.42. The van der Waals surface area contributed by atoms with Crippen LogP contribution in [0.25, 0.3) is 11.1 Å². The number of carbonyl (C=O) groups excluding carboxylic acids is 2. The van der Waals surface area contributed by atoms with Crippen LogP contribution in [-0.2, 0) is 20.9 Å². The Bertz CT molecular complexity index is 1140. The molecule has 2 amide bonds. The van der Waals surface area contributed by atoms with Crippen LogP contribution < -0.4 is 15.4 Å². The van der Waals surface area contributed by atoms with Crippen molar-refractivity contribution in [2.75, 3.05) is 24.4 Å². The van der Waals surface area contributed by atoms with Crippen molar-refractivity contribution in [2.45, 2.75) is 26.0 Å². The Morgan fingerprint density at radius 1 is 1.25 bits per heavy atom. The monoisotopic (exact) mass is 454 g/mol. The van der Waals surface area contributed by atoms with E-state index in [0.717, 1.165) is 16.9 Å². The number of nitrogens with zero attached hydrogens (tertiary/aromatic N) is 2. The molecular weight excluding hydrogens is 432 g/mol. The predicted molar refractivity (Wildman–Crippen MR) is 122 cm³/mol. The molecular formula is C23H23ClN4O4. The molecule has 0 aliphatic carbocycles. The van der Waals surface area contributed by atoms with Crippen molar-refractivity contribution in [2.24, 2.45) is 0 Å². The average Bonchev–Trinajstić information content (AvgIpc) is 3.25. The van der Waals surface area contributed by atoms with Gasteiger partial charge in [-0.2, -0.15) is 5.10 Å². The van der Waals surface area contributed by atoms with Gasteiger partial charge in [0.25, 0.3) is 5.91 Å². The smallest absolute Gasteiger partial charge is 0.251 e. The molecule has 0 radical (unpaired) electrons. The molecule has 1 aliphatic rings. The molecule has 0 bridgehead atoms. The number of rotatable bonds is 8. The van der Waals surface area contributed by atoms with Crippen LogP contribution in [0, 0.1) is 0 Å². The quantitative estimate of drug-likeness (QED) is 0.530. The summed E-state index contributed by atoms with van der Waals surface area (Å²) >= 11 is 6.17. The highest BCUT2D eigenvalue weighted by atomic mass is 35.5. The predicted octanol–water partition coefficient (Wildman–Crippen LogP) is 4.27. The molecule has 0 spiro atoms. The number of anilines is 2. The zero-order valence-electron chi connectivity index (χ0n) is 17.7. The Labute approximate surface area is 190 Å². The molecule has 166 valence electrons. The average molecular weight is 455 g/mol. The molecule has 0 saturated heterocycles. The van der Waals surface area contributed by atoms with Gasteiger partial charge in [0.15, 0.2) is 0 Å². The minimum Gasteiger partial charge on any atom is -0.494 e. The largest absolute Gasteiger partial charge is 0.494 e. The van der Waals surface area contributed by atoms with Gasteiger partial charge in [-0.15, -0.1) is 0 Å². The van der Waals surface area contributed by atoms with E-state index in [0.29, 0.717) is 28.8 Å². The van der Waals surface area contributed by atoms with Crippen LogP contribution in [0.3, 0.4) is 0 Å². The number of nitrogens with one attached hydrogen (secondary N) is 2. The highest BCUT2D eigenvalue weighted by Gasteiger charge is 2.37. The Morgan fingerprint density at radius 3 is 2.72 bits per heavy atom. The first-order valence-electron chi connectivity index (χ1n) is 10.2. The Balaban J connectivity index is 1.56. The fourth-order valence-corrected chi connectivity index (χ4v) is 3.88. The minimum absolute atomic E-state index is 0.0604. The third-order valence-electron chi connectivity index (χ3n) is 5.04. The van der Waals surface area contributed by atoms with Gasteiger partial charge in [0, 0.05) is 23.4 Å². The fraction of sp³-hybridized carbons (Fsp3) is 0.261. The molecule has 8 nitrogen and oxygen atoms in total. The van der Waals surface area contributed by atoms with E-state index in [1.165, 1.54) is 0 Å². The summed E-state index contributed by atoms with van der Waals surface area (Å²) in [5.41, 5.74) is 2.82. The number of hydrogen-bond donors (Lipinski definition) is 2. The van der Waals surface area contributed by atoms with E-state index in [1.807, 2.05) is 19.1 Å². The lowest BCUT2D eigenvalue weighted by molar-refractivity contribution is -0.123. The molecule has 1 aliphatic heterocycles. The van der Waals surface area contributed by atoms with Crippen LogP contribution >= 0.6 is 11.6 Å². The van der Waals surface area contributed by atoms with Gasteiger partial charge in [0.05, 0.1) is 25.3 Å². The Hall–Kier alpha value is -3.36. The van der Waals surface area contributed by atoms with E-state index in [9.17, 15) is 9.59 Å². The molecule has 32 heavy (non-hydrogen) atoms. The summed E-state index contributed by atoms with van der Waals surface area (Å²) in [6.07, 6.45) is -0.0604. The van der Waals surface area contributed by atoms with Gasteiger partial charge in [0.2, 0.25) is 5.91 Å². The van der Waals surface area contributed by atoms with E-state index in [-0.39, 0.29) is 24.8 Å². The van der Waals surface area contributed by atoms with Crippen molar-refractivity contribution in [3.63, 3.8) is 0 Å². The molecule has 0 fully saturated rings. The summed E-state index contributed by atoms with van der Waals surface area (Å²) in [6, 6.07) is 13.6. The van der Waals surface area contributed by atoms with Crippen molar-refractivity contribution in [1.29, 1.82) is 0 Å². The van der Waals surface area contributed by atoms with E-state index in [2.05, 4.69) is 15.7 Å².